The fourth-order valence-corrected chi connectivity index (χ4v) is 3.80. The topological polar surface area (TPSA) is 202 Å². The summed E-state index contributed by atoms with van der Waals surface area (Å²) in [6.07, 6.45) is -0.982. The van der Waals surface area contributed by atoms with E-state index in [-0.39, 0.29) is 17.4 Å². The number of thioether (sulfide) groups is 1. The molecule has 4 amide bonds. The first-order chi connectivity index (χ1) is 14.4. The Morgan fingerprint density at radius 1 is 1.16 bits per heavy atom. The molecule has 9 N–H and O–H groups in total. The molecule has 1 heterocycles. The second-order valence-corrected chi connectivity index (χ2v) is 8.90. The quantitative estimate of drug-likeness (QED) is 0.210. The smallest absolute Gasteiger partial charge is 0.328 e. The van der Waals surface area contributed by atoms with Gasteiger partial charge in [0.15, 0.2) is 12.1 Å². The summed E-state index contributed by atoms with van der Waals surface area (Å²) < 4.78 is 0. The lowest BCUT2D eigenvalue weighted by atomic mass is 10.0. The highest BCUT2D eigenvalue weighted by atomic mass is 32.2. The van der Waals surface area contributed by atoms with Gasteiger partial charge >= 0.3 is 5.97 Å². The second-order valence-electron chi connectivity index (χ2n) is 7.83. The third-order valence-electron chi connectivity index (χ3n) is 4.44. The van der Waals surface area contributed by atoms with Gasteiger partial charge in [-0.3, -0.25) is 19.2 Å². The number of carbonyl (C=O) groups excluding carboxylic acids is 4. The van der Waals surface area contributed by atoms with Crippen molar-refractivity contribution >= 4 is 41.4 Å². The van der Waals surface area contributed by atoms with Crippen molar-refractivity contribution in [2.75, 3.05) is 18.1 Å². The highest BCUT2D eigenvalue weighted by molar-refractivity contribution is 7.99. The summed E-state index contributed by atoms with van der Waals surface area (Å²) in [5.74, 6) is -3.49. The van der Waals surface area contributed by atoms with Gasteiger partial charge in [-0.2, -0.15) is 11.8 Å². The molecule has 1 saturated heterocycles. The van der Waals surface area contributed by atoms with Crippen LogP contribution < -0.4 is 27.0 Å². The molecular weight excluding hydrogens is 430 g/mol. The minimum absolute atomic E-state index is 0.0341. The van der Waals surface area contributed by atoms with E-state index in [0.717, 1.165) is 0 Å². The summed E-state index contributed by atoms with van der Waals surface area (Å²) in [4.78, 5) is 60.9. The summed E-state index contributed by atoms with van der Waals surface area (Å²) in [7, 11) is 0. The van der Waals surface area contributed by atoms with Gasteiger partial charge in [-0.15, -0.1) is 0 Å². The molecule has 1 aliphatic heterocycles. The molecule has 0 aromatic carbocycles. The standard InChI is InChI=1S/C18H31N5O7S/c1-8(2)4-11-16(27)20-5-13(25)21-12(7-31-6-10(19)15(26)22-11)17(28)23-14(9(3)24)18(29)30/h8-12,14,24H,4-7,19H2,1-3H3,(H,20,27)(H,21,25)(H,22,26)(H,23,28)(H,29,30)/p+1/t9-,10-,11+,12+,14+/m1/s1. The number of aliphatic hydroxyl groups excluding tert-OH is 1. The van der Waals surface area contributed by atoms with E-state index in [1.54, 1.807) is 0 Å². The Kier molecular flexibility index (Phi) is 10.7. The Hall–Kier alpha value is -2.38. The second kappa shape index (κ2) is 12.5. The summed E-state index contributed by atoms with van der Waals surface area (Å²) in [6.45, 7) is 4.58. The third kappa shape index (κ3) is 9.11. The molecule has 13 heteroatoms. The van der Waals surface area contributed by atoms with Crippen LogP contribution in [0.2, 0.25) is 0 Å². The molecule has 1 fully saturated rings. The molecule has 0 saturated carbocycles. The van der Waals surface area contributed by atoms with Gasteiger partial charge in [0.25, 0.3) is 5.91 Å². The molecule has 0 aliphatic carbocycles. The maximum atomic E-state index is 12.5. The molecule has 31 heavy (non-hydrogen) atoms. The fourth-order valence-electron chi connectivity index (χ4n) is 2.76. The Bertz CT molecular complexity index is 688. The highest BCUT2D eigenvalue weighted by Gasteiger charge is 2.31. The average Bonchev–Trinajstić information content (AvgIpc) is 2.67. The van der Waals surface area contributed by atoms with Crippen molar-refractivity contribution in [3.8, 4) is 0 Å². The number of amides is 4. The number of carboxylic acids is 1. The van der Waals surface area contributed by atoms with Crippen LogP contribution in [-0.4, -0.2) is 88.1 Å². The fraction of sp³-hybridized carbons (Fsp3) is 0.722. The number of hydrogen-bond acceptors (Lipinski definition) is 7. The molecule has 0 radical (unpaired) electrons. The van der Waals surface area contributed by atoms with Crippen LogP contribution in [-0.2, 0) is 24.0 Å². The van der Waals surface area contributed by atoms with Crippen molar-refractivity contribution < 1.29 is 39.9 Å². The Labute approximate surface area is 184 Å². The third-order valence-corrected chi connectivity index (χ3v) is 5.64. The normalized spacial score (nSPS) is 25.6. The molecule has 1 rings (SSSR count). The van der Waals surface area contributed by atoms with Crippen molar-refractivity contribution in [2.24, 2.45) is 5.92 Å². The lowest BCUT2D eigenvalue weighted by molar-refractivity contribution is -0.396. The minimum Gasteiger partial charge on any atom is -0.480 e. The van der Waals surface area contributed by atoms with Crippen molar-refractivity contribution in [1.82, 2.24) is 21.3 Å². The van der Waals surface area contributed by atoms with Crippen LogP contribution in [0.5, 0.6) is 0 Å². The van der Waals surface area contributed by atoms with Crippen LogP contribution >= 0.6 is 11.8 Å². The number of nitrogens with one attached hydrogen (secondary N) is 4. The van der Waals surface area contributed by atoms with E-state index in [2.05, 4.69) is 27.0 Å². The van der Waals surface area contributed by atoms with Crippen LogP contribution in [0.1, 0.15) is 27.2 Å². The lowest BCUT2D eigenvalue weighted by Gasteiger charge is -2.22. The number of aliphatic hydroxyl groups is 1. The maximum absolute atomic E-state index is 12.5. The van der Waals surface area contributed by atoms with E-state index in [0.29, 0.717) is 6.42 Å². The molecule has 176 valence electrons. The summed E-state index contributed by atoms with van der Waals surface area (Å²) in [5.41, 5.74) is 3.78. The first kappa shape index (κ1) is 26.7. The van der Waals surface area contributed by atoms with E-state index < -0.39 is 66.4 Å². The summed E-state index contributed by atoms with van der Waals surface area (Å²) in [6, 6.07) is -4.23. The van der Waals surface area contributed by atoms with Crippen molar-refractivity contribution in [2.45, 2.75) is 57.5 Å². The molecule has 1 aliphatic rings. The maximum Gasteiger partial charge on any atom is 0.328 e. The zero-order valence-corrected chi connectivity index (χ0v) is 18.7. The molecule has 0 unspecified atom stereocenters. The van der Waals surface area contributed by atoms with E-state index in [9.17, 15) is 29.1 Å². The molecule has 12 nitrogen and oxygen atoms in total. The number of aliphatic carboxylic acids is 1. The number of carbonyl (C=O) groups is 5. The monoisotopic (exact) mass is 462 g/mol. The van der Waals surface area contributed by atoms with Gasteiger partial charge < -0.3 is 37.2 Å². The molecular formula is C18H32N5O7S+. The number of hydrogen-bond donors (Lipinski definition) is 7. The average molecular weight is 463 g/mol. The van der Waals surface area contributed by atoms with E-state index in [4.69, 9.17) is 5.11 Å². The number of rotatable bonds is 6. The number of quaternary nitrogens is 1. The van der Waals surface area contributed by atoms with Crippen LogP contribution in [0.3, 0.4) is 0 Å². The highest BCUT2D eigenvalue weighted by Crippen LogP contribution is 2.09. The van der Waals surface area contributed by atoms with Gasteiger partial charge in [0.2, 0.25) is 17.7 Å². The minimum atomic E-state index is -1.55. The van der Waals surface area contributed by atoms with Gasteiger partial charge in [0, 0.05) is 5.75 Å². The van der Waals surface area contributed by atoms with E-state index in [1.807, 2.05) is 13.8 Å². The van der Waals surface area contributed by atoms with Crippen molar-refractivity contribution in [3.05, 3.63) is 0 Å². The molecule has 0 aromatic rings. The molecule has 0 aromatic heterocycles. The first-order valence-corrected chi connectivity index (χ1v) is 11.1. The predicted molar refractivity (Wildman–Crippen MR) is 112 cm³/mol. The largest absolute Gasteiger partial charge is 0.480 e. The number of carboxylic acid groups (broad SMARTS) is 1. The van der Waals surface area contributed by atoms with Gasteiger partial charge in [-0.1, -0.05) is 13.8 Å². The van der Waals surface area contributed by atoms with E-state index >= 15 is 0 Å². The molecule has 5 atom stereocenters. The van der Waals surface area contributed by atoms with Crippen LogP contribution in [0, 0.1) is 5.92 Å². The first-order valence-electron chi connectivity index (χ1n) is 9.91. The van der Waals surface area contributed by atoms with Gasteiger partial charge in [0.1, 0.15) is 12.1 Å². The van der Waals surface area contributed by atoms with Crippen molar-refractivity contribution in [1.29, 1.82) is 0 Å². The zero-order chi connectivity index (χ0) is 23.7. The molecule has 0 bridgehead atoms. The van der Waals surface area contributed by atoms with Crippen molar-refractivity contribution in [3.63, 3.8) is 0 Å². The Morgan fingerprint density at radius 3 is 2.35 bits per heavy atom. The summed E-state index contributed by atoms with van der Waals surface area (Å²) in [5, 5.41) is 28.4. The Morgan fingerprint density at radius 2 is 1.81 bits per heavy atom. The van der Waals surface area contributed by atoms with Crippen LogP contribution in [0.15, 0.2) is 0 Å². The van der Waals surface area contributed by atoms with Gasteiger partial charge in [-0.25, -0.2) is 4.79 Å². The van der Waals surface area contributed by atoms with Gasteiger partial charge in [0.05, 0.1) is 18.4 Å². The van der Waals surface area contributed by atoms with Crippen LogP contribution in [0.25, 0.3) is 0 Å². The zero-order valence-electron chi connectivity index (χ0n) is 17.8. The van der Waals surface area contributed by atoms with Gasteiger partial charge in [-0.05, 0) is 19.3 Å². The van der Waals surface area contributed by atoms with Crippen LogP contribution in [0.4, 0.5) is 0 Å². The summed E-state index contributed by atoms with van der Waals surface area (Å²) >= 11 is 1.17. The lowest BCUT2D eigenvalue weighted by Crippen LogP contribution is -2.70. The van der Waals surface area contributed by atoms with E-state index in [1.165, 1.54) is 18.7 Å². The predicted octanol–water partition coefficient (Wildman–Crippen LogP) is -3.57. The Balaban J connectivity index is 2.97. The molecule has 0 spiro atoms. The SMILES string of the molecule is CC(C)C[C@@H]1NC(=O)[C@H]([NH3+])CSC[C@@H](C(=O)N[C@H](C(=O)O)[C@@H](C)O)NC(=O)CNC1=O.